The minimum atomic E-state index is -0.901. The number of carbonyl (C=O) groups is 2. The molecule has 8 nitrogen and oxygen atoms in total. The van der Waals surface area contributed by atoms with Gasteiger partial charge in [-0.25, -0.2) is 0 Å². The molecule has 1 N–H and O–H groups in total. The largest absolute Gasteiger partial charge is 0.507 e. The highest BCUT2D eigenvalue weighted by molar-refractivity contribution is 6.51. The molecule has 37 heavy (non-hydrogen) atoms. The van der Waals surface area contributed by atoms with E-state index in [1.54, 1.807) is 60.7 Å². The van der Waals surface area contributed by atoms with Crippen LogP contribution in [0.1, 0.15) is 29.7 Å². The summed E-state index contributed by atoms with van der Waals surface area (Å²) in [6.07, 6.45) is 0.704. The Kier molecular flexibility index (Phi) is 6.48. The number of ketones is 1. The lowest BCUT2D eigenvalue weighted by Gasteiger charge is -2.26. The molecule has 1 saturated heterocycles. The van der Waals surface area contributed by atoms with E-state index in [-0.39, 0.29) is 11.3 Å². The van der Waals surface area contributed by atoms with Gasteiger partial charge in [0.2, 0.25) is 0 Å². The second-order valence-corrected chi connectivity index (χ2v) is 8.63. The fraction of sp³-hybridized carbons (Fsp3) is 0.241. The normalized spacial score (nSPS) is 17.9. The van der Waals surface area contributed by atoms with Gasteiger partial charge < -0.3 is 24.1 Å². The van der Waals surface area contributed by atoms with Gasteiger partial charge in [-0.15, -0.1) is 0 Å². The van der Waals surface area contributed by atoms with Crippen molar-refractivity contribution < 1.29 is 33.6 Å². The molecule has 190 valence electrons. The Balaban J connectivity index is 1.68. The number of fused-ring (bicyclic) bond motifs is 1. The molecule has 0 saturated carbocycles. The molecule has 0 aliphatic carbocycles. The van der Waals surface area contributed by atoms with Gasteiger partial charge in [0.15, 0.2) is 11.5 Å². The Morgan fingerprint density at radius 3 is 2.46 bits per heavy atom. The van der Waals surface area contributed by atoms with Crippen LogP contribution in [0.4, 0.5) is 5.69 Å². The predicted molar refractivity (Wildman–Crippen MR) is 138 cm³/mol. The monoisotopic (exact) mass is 501 g/mol. The number of rotatable bonds is 7. The Labute approximate surface area is 214 Å². The van der Waals surface area contributed by atoms with Gasteiger partial charge in [-0.3, -0.25) is 14.5 Å². The van der Waals surface area contributed by atoms with Crippen LogP contribution in [0, 0.1) is 0 Å². The van der Waals surface area contributed by atoms with Crippen molar-refractivity contribution in [3.8, 4) is 23.0 Å². The third-order valence-corrected chi connectivity index (χ3v) is 6.56. The summed E-state index contributed by atoms with van der Waals surface area (Å²) in [4.78, 5) is 28.3. The van der Waals surface area contributed by atoms with Gasteiger partial charge in [-0.1, -0.05) is 6.07 Å². The summed E-state index contributed by atoms with van der Waals surface area (Å²) in [5.41, 5.74) is 2.44. The maximum absolute atomic E-state index is 13.5. The molecule has 2 aliphatic rings. The lowest BCUT2D eigenvalue weighted by molar-refractivity contribution is -0.132. The quantitative estimate of drug-likeness (QED) is 0.286. The molecule has 0 bridgehead atoms. The number of carbonyl (C=O) groups excluding carboxylic acids is 2. The van der Waals surface area contributed by atoms with E-state index in [0.717, 1.165) is 11.3 Å². The van der Waals surface area contributed by atoms with Crippen molar-refractivity contribution in [3.05, 3.63) is 82.9 Å². The molecule has 1 atom stereocenters. The van der Waals surface area contributed by atoms with Crippen LogP contribution >= 0.6 is 0 Å². The number of amides is 1. The fourth-order valence-corrected chi connectivity index (χ4v) is 4.80. The van der Waals surface area contributed by atoms with Gasteiger partial charge in [0.1, 0.15) is 17.3 Å². The van der Waals surface area contributed by atoms with Crippen molar-refractivity contribution >= 4 is 23.1 Å². The number of anilines is 1. The summed E-state index contributed by atoms with van der Waals surface area (Å²) < 4.78 is 22.0. The van der Waals surface area contributed by atoms with Crippen molar-refractivity contribution in [3.63, 3.8) is 0 Å². The van der Waals surface area contributed by atoms with Crippen molar-refractivity contribution in [2.45, 2.75) is 19.4 Å². The number of aliphatic hydroxyl groups is 1. The fourth-order valence-electron chi connectivity index (χ4n) is 4.80. The number of aliphatic hydroxyl groups excluding tert-OH is 1. The maximum atomic E-state index is 13.5. The van der Waals surface area contributed by atoms with E-state index in [0.29, 0.717) is 53.7 Å². The van der Waals surface area contributed by atoms with Gasteiger partial charge in [0, 0.05) is 17.7 Å². The molecule has 2 heterocycles. The molecular weight excluding hydrogens is 474 g/mol. The van der Waals surface area contributed by atoms with Crippen molar-refractivity contribution in [1.82, 2.24) is 0 Å². The summed E-state index contributed by atoms with van der Waals surface area (Å²) >= 11 is 0. The van der Waals surface area contributed by atoms with E-state index in [1.165, 1.54) is 19.1 Å². The van der Waals surface area contributed by atoms with Crippen LogP contribution in [0.5, 0.6) is 23.0 Å². The first kappa shape index (κ1) is 24.2. The molecule has 1 unspecified atom stereocenters. The Morgan fingerprint density at radius 2 is 1.76 bits per heavy atom. The van der Waals surface area contributed by atoms with Gasteiger partial charge in [-0.05, 0) is 72.6 Å². The summed E-state index contributed by atoms with van der Waals surface area (Å²) in [7, 11) is 3.04. The van der Waals surface area contributed by atoms with Gasteiger partial charge in [-0.2, -0.15) is 0 Å². The summed E-state index contributed by atoms with van der Waals surface area (Å²) in [6, 6.07) is 16.4. The van der Waals surface area contributed by atoms with Gasteiger partial charge in [0.25, 0.3) is 11.7 Å². The summed E-state index contributed by atoms with van der Waals surface area (Å²) in [6.45, 7) is 2.95. The van der Waals surface area contributed by atoms with Crippen molar-refractivity contribution in [1.29, 1.82) is 0 Å². The minimum Gasteiger partial charge on any atom is -0.507 e. The van der Waals surface area contributed by atoms with E-state index < -0.39 is 17.7 Å². The van der Waals surface area contributed by atoms with Crippen LogP contribution in [-0.4, -0.2) is 44.2 Å². The zero-order valence-electron chi connectivity index (χ0n) is 20.8. The van der Waals surface area contributed by atoms with E-state index in [4.69, 9.17) is 18.9 Å². The highest BCUT2D eigenvalue weighted by Crippen LogP contribution is 2.44. The van der Waals surface area contributed by atoms with Crippen molar-refractivity contribution in [2.24, 2.45) is 0 Å². The Hall–Kier alpha value is -4.46. The lowest BCUT2D eigenvalue weighted by atomic mass is 9.94. The predicted octanol–water partition coefficient (Wildman–Crippen LogP) is 4.66. The topological polar surface area (TPSA) is 94.5 Å². The Morgan fingerprint density at radius 1 is 1.00 bits per heavy atom. The van der Waals surface area contributed by atoms with Crippen molar-refractivity contribution in [2.75, 3.05) is 32.3 Å². The van der Waals surface area contributed by atoms with Crippen LogP contribution < -0.4 is 23.8 Å². The molecule has 5 rings (SSSR count). The van der Waals surface area contributed by atoms with Crippen LogP contribution in [0.2, 0.25) is 0 Å². The van der Waals surface area contributed by atoms with Crippen LogP contribution in [0.25, 0.3) is 5.76 Å². The zero-order chi connectivity index (χ0) is 26.1. The van der Waals surface area contributed by atoms with Gasteiger partial charge >= 0.3 is 0 Å². The number of nitrogens with zero attached hydrogens (tertiary/aromatic N) is 1. The van der Waals surface area contributed by atoms with E-state index in [9.17, 15) is 14.7 Å². The second kappa shape index (κ2) is 9.89. The molecule has 3 aromatic rings. The molecule has 2 aliphatic heterocycles. The molecule has 8 heteroatoms. The van der Waals surface area contributed by atoms with Crippen LogP contribution in [0.15, 0.2) is 66.2 Å². The van der Waals surface area contributed by atoms with Crippen LogP contribution in [0.3, 0.4) is 0 Å². The maximum Gasteiger partial charge on any atom is 0.300 e. The van der Waals surface area contributed by atoms with E-state index in [1.807, 2.05) is 6.92 Å². The molecule has 0 radical (unpaired) electrons. The third kappa shape index (κ3) is 4.24. The van der Waals surface area contributed by atoms with E-state index in [2.05, 4.69) is 0 Å². The first-order chi connectivity index (χ1) is 18.0. The average Bonchev–Trinajstić information content (AvgIpc) is 3.50. The smallest absolute Gasteiger partial charge is 0.300 e. The zero-order valence-corrected chi connectivity index (χ0v) is 20.8. The molecule has 0 aromatic heterocycles. The first-order valence-electron chi connectivity index (χ1n) is 12.0. The number of Topliss-reactive ketones (excluding diaryl/α,β-unsaturated/α-hetero) is 1. The number of hydrogen-bond acceptors (Lipinski definition) is 7. The summed E-state index contributed by atoms with van der Waals surface area (Å²) in [5, 5.41) is 11.4. The SMILES string of the molecule is CCOc1ccc(N2C(=O)C(=O)/C(=C(/O)c3ccc4c(c3)CCO4)C2c2ccc(OC)c(OC)c2)cc1. The standard InChI is InChI=1S/C29H27NO7/c1-4-36-21-9-7-20(8-10-21)30-26(18-5-12-23(34-2)24(16-18)35-3)25(28(32)29(30)33)27(31)19-6-11-22-17(15-19)13-14-37-22/h5-12,15-16,26,31H,4,13-14H2,1-3H3/b27-25+. The first-order valence-corrected chi connectivity index (χ1v) is 12.0. The number of ether oxygens (including phenoxy) is 4. The highest BCUT2D eigenvalue weighted by atomic mass is 16.5. The molecule has 0 spiro atoms. The van der Waals surface area contributed by atoms with E-state index >= 15 is 0 Å². The number of hydrogen-bond donors (Lipinski definition) is 1. The molecule has 1 amide bonds. The average molecular weight is 502 g/mol. The molecule has 3 aromatic carbocycles. The number of methoxy groups -OCH3 is 2. The number of benzene rings is 3. The molecule has 1 fully saturated rings. The lowest BCUT2D eigenvalue weighted by Crippen LogP contribution is -2.29. The third-order valence-electron chi connectivity index (χ3n) is 6.56. The molecular formula is C29H27NO7. The Bertz CT molecular complexity index is 1390. The van der Waals surface area contributed by atoms with Crippen LogP contribution in [-0.2, 0) is 16.0 Å². The second-order valence-electron chi connectivity index (χ2n) is 8.63. The highest BCUT2D eigenvalue weighted by Gasteiger charge is 2.47. The summed E-state index contributed by atoms with van der Waals surface area (Å²) in [5.74, 6) is 0.572. The minimum absolute atomic E-state index is 0.00929. The van der Waals surface area contributed by atoms with Gasteiger partial charge in [0.05, 0.1) is 39.0 Å².